The number of anilines is 1. The molecule has 5 rings (SSSR count). The predicted octanol–water partition coefficient (Wildman–Crippen LogP) is 5.46. The molecule has 0 bridgehead atoms. The highest BCUT2D eigenvalue weighted by Crippen LogP contribution is 2.37. The molecular weight excluding hydrogens is 366 g/mol. The molecule has 0 aliphatic carbocycles. The third-order valence-corrected chi connectivity index (χ3v) is 5.96. The van der Waals surface area contributed by atoms with Crippen molar-refractivity contribution in [2.45, 2.75) is 20.0 Å². The second-order valence-electron chi connectivity index (χ2n) is 6.94. The second kappa shape index (κ2) is 7.17. The van der Waals surface area contributed by atoms with Gasteiger partial charge in [-0.1, -0.05) is 30.3 Å². The van der Waals surface area contributed by atoms with Gasteiger partial charge in [-0.25, -0.2) is 4.68 Å². The zero-order valence-electron chi connectivity index (χ0n) is 15.7. The van der Waals surface area contributed by atoms with Crippen LogP contribution < -0.4 is 10.1 Å². The largest absolute Gasteiger partial charge is 0.489 e. The van der Waals surface area contributed by atoms with Gasteiger partial charge in [0.15, 0.2) is 0 Å². The van der Waals surface area contributed by atoms with Crippen LogP contribution in [0.4, 0.5) is 5.82 Å². The van der Waals surface area contributed by atoms with Gasteiger partial charge in [-0.2, -0.15) is 5.10 Å². The molecule has 0 amide bonds. The normalized spacial score (nSPS) is 12.6. The summed E-state index contributed by atoms with van der Waals surface area (Å²) in [5.41, 5.74) is 4.61. The van der Waals surface area contributed by atoms with Gasteiger partial charge in [0.05, 0.1) is 10.6 Å². The van der Waals surface area contributed by atoms with E-state index in [1.807, 2.05) is 35.0 Å². The summed E-state index contributed by atoms with van der Waals surface area (Å²) in [7, 11) is 0. The number of benzene rings is 2. The Bertz CT molecular complexity index is 1100. The van der Waals surface area contributed by atoms with Crippen molar-refractivity contribution in [3.05, 3.63) is 82.7 Å². The van der Waals surface area contributed by atoms with E-state index in [0.29, 0.717) is 6.61 Å². The second-order valence-corrected chi connectivity index (χ2v) is 8.23. The molecule has 3 heterocycles. The van der Waals surface area contributed by atoms with Gasteiger partial charge in [0.2, 0.25) is 0 Å². The molecule has 0 saturated heterocycles. The van der Waals surface area contributed by atoms with Gasteiger partial charge in [0, 0.05) is 17.0 Å². The lowest BCUT2D eigenvalue weighted by atomic mass is 10.2. The zero-order chi connectivity index (χ0) is 18.9. The van der Waals surface area contributed by atoms with Crippen molar-refractivity contribution in [1.29, 1.82) is 0 Å². The molecule has 4 nitrogen and oxygen atoms in total. The average Bonchev–Trinajstić information content (AvgIpc) is 3.44. The van der Waals surface area contributed by atoms with Crippen molar-refractivity contribution in [3.63, 3.8) is 0 Å². The molecule has 0 radical (unpaired) electrons. The number of nitrogens with zero attached hydrogens (tertiary/aromatic N) is 2. The monoisotopic (exact) mass is 387 g/mol. The first-order valence-corrected chi connectivity index (χ1v) is 10.3. The molecular formula is C23H21N3OS. The number of ether oxygens (including phenoxy) is 1. The summed E-state index contributed by atoms with van der Waals surface area (Å²) in [5, 5.41) is 8.43. The van der Waals surface area contributed by atoms with Crippen molar-refractivity contribution in [2.24, 2.45) is 0 Å². The van der Waals surface area contributed by atoms with Crippen molar-refractivity contribution in [1.82, 2.24) is 9.78 Å². The fraction of sp³-hybridized carbons (Fsp3) is 0.174. The number of hydrogen-bond acceptors (Lipinski definition) is 4. The SMILES string of the molecule is Cc1ccc(-c2nn(-c3ccc(OCc4ccccc4)cc3)c3c2CCN3)s1. The first kappa shape index (κ1) is 17.1. The molecule has 0 spiro atoms. The van der Waals surface area contributed by atoms with Crippen molar-refractivity contribution in [2.75, 3.05) is 11.9 Å². The van der Waals surface area contributed by atoms with Gasteiger partial charge in [-0.15, -0.1) is 11.3 Å². The van der Waals surface area contributed by atoms with Crippen LogP contribution in [0.1, 0.15) is 16.0 Å². The Balaban J connectivity index is 1.41. The van der Waals surface area contributed by atoms with Crippen LogP contribution in [0.3, 0.4) is 0 Å². The van der Waals surface area contributed by atoms with E-state index in [4.69, 9.17) is 9.84 Å². The molecule has 0 saturated carbocycles. The Labute approximate surface area is 168 Å². The van der Waals surface area contributed by atoms with E-state index in [-0.39, 0.29) is 0 Å². The fourth-order valence-electron chi connectivity index (χ4n) is 3.55. The van der Waals surface area contributed by atoms with E-state index in [1.54, 1.807) is 11.3 Å². The van der Waals surface area contributed by atoms with E-state index >= 15 is 0 Å². The molecule has 0 atom stereocenters. The molecule has 5 heteroatoms. The van der Waals surface area contributed by atoms with E-state index in [1.165, 1.54) is 15.3 Å². The van der Waals surface area contributed by atoms with Crippen LogP contribution in [-0.2, 0) is 13.0 Å². The summed E-state index contributed by atoms with van der Waals surface area (Å²) >= 11 is 1.80. The summed E-state index contributed by atoms with van der Waals surface area (Å²) in [6.45, 7) is 3.67. The molecule has 140 valence electrons. The standard InChI is InChI=1S/C23H21N3OS/c1-16-7-12-21(28-16)22-20-13-14-24-23(20)26(25-22)18-8-10-19(11-9-18)27-15-17-5-3-2-4-6-17/h2-12,24H,13-15H2,1H3. The molecule has 1 aliphatic rings. The Kier molecular flexibility index (Phi) is 4.37. The van der Waals surface area contributed by atoms with E-state index in [2.05, 4.69) is 48.6 Å². The van der Waals surface area contributed by atoms with Crippen LogP contribution >= 0.6 is 11.3 Å². The summed E-state index contributed by atoms with van der Waals surface area (Å²) in [4.78, 5) is 2.54. The molecule has 2 aromatic carbocycles. The molecule has 1 aliphatic heterocycles. The Morgan fingerprint density at radius 3 is 2.61 bits per heavy atom. The minimum atomic E-state index is 0.570. The third-order valence-electron chi connectivity index (χ3n) is 4.95. The summed E-state index contributed by atoms with van der Waals surface area (Å²) in [5.74, 6) is 1.97. The minimum Gasteiger partial charge on any atom is -0.489 e. The maximum atomic E-state index is 5.91. The number of aromatic nitrogens is 2. The van der Waals surface area contributed by atoms with E-state index in [0.717, 1.165) is 41.5 Å². The third kappa shape index (κ3) is 3.18. The summed E-state index contributed by atoms with van der Waals surface area (Å²) in [6, 6.07) is 22.7. The van der Waals surface area contributed by atoms with E-state index < -0.39 is 0 Å². The van der Waals surface area contributed by atoms with Gasteiger partial charge < -0.3 is 10.1 Å². The van der Waals surface area contributed by atoms with Gasteiger partial charge in [0.1, 0.15) is 23.9 Å². The number of rotatable bonds is 5. The van der Waals surface area contributed by atoms with Crippen LogP contribution in [0.5, 0.6) is 5.75 Å². The molecule has 2 aromatic heterocycles. The molecule has 0 unspecified atom stereocenters. The molecule has 28 heavy (non-hydrogen) atoms. The summed E-state index contributed by atoms with van der Waals surface area (Å²) in [6.07, 6.45) is 1.01. The maximum Gasteiger partial charge on any atom is 0.133 e. The van der Waals surface area contributed by atoms with Crippen LogP contribution in [0.15, 0.2) is 66.7 Å². The number of hydrogen-bond donors (Lipinski definition) is 1. The Hall–Kier alpha value is -3.05. The lowest BCUT2D eigenvalue weighted by Gasteiger charge is -2.09. The number of fused-ring (bicyclic) bond motifs is 1. The molecule has 4 aromatic rings. The smallest absolute Gasteiger partial charge is 0.133 e. The van der Waals surface area contributed by atoms with Crippen LogP contribution in [-0.4, -0.2) is 16.3 Å². The minimum absolute atomic E-state index is 0.570. The quantitative estimate of drug-likeness (QED) is 0.494. The Morgan fingerprint density at radius 1 is 1.04 bits per heavy atom. The first-order chi connectivity index (χ1) is 13.8. The average molecular weight is 388 g/mol. The number of thiophene rings is 1. The van der Waals surface area contributed by atoms with Crippen LogP contribution in [0.25, 0.3) is 16.3 Å². The zero-order valence-corrected chi connectivity index (χ0v) is 16.5. The highest BCUT2D eigenvalue weighted by atomic mass is 32.1. The van der Waals surface area contributed by atoms with Gasteiger partial charge in [0.25, 0.3) is 0 Å². The van der Waals surface area contributed by atoms with Crippen LogP contribution in [0.2, 0.25) is 0 Å². The van der Waals surface area contributed by atoms with Gasteiger partial charge in [-0.05, 0) is 55.3 Å². The molecule has 1 N–H and O–H groups in total. The van der Waals surface area contributed by atoms with Crippen molar-refractivity contribution >= 4 is 17.2 Å². The Morgan fingerprint density at radius 2 is 1.86 bits per heavy atom. The first-order valence-electron chi connectivity index (χ1n) is 9.48. The van der Waals surface area contributed by atoms with Crippen LogP contribution in [0, 0.1) is 6.92 Å². The van der Waals surface area contributed by atoms with Gasteiger partial charge in [-0.3, -0.25) is 0 Å². The molecule has 0 fully saturated rings. The number of nitrogens with one attached hydrogen (secondary N) is 1. The maximum absolute atomic E-state index is 5.91. The van der Waals surface area contributed by atoms with E-state index in [9.17, 15) is 0 Å². The highest BCUT2D eigenvalue weighted by molar-refractivity contribution is 7.15. The highest BCUT2D eigenvalue weighted by Gasteiger charge is 2.24. The fourth-order valence-corrected chi connectivity index (χ4v) is 4.43. The summed E-state index contributed by atoms with van der Waals surface area (Å²) < 4.78 is 7.93. The predicted molar refractivity (Wildman–Crippen MR) is 115 cm³/mol. The van der Waals surface area contributed by atoms with Crippen molar-refractivity contribution < 1.29 is 4.74 Å². The lowest BCUT2D eigenvalue weighted by Crippen LogP contribution is -2.04. The van der Waals surface area contributed by atoms with Gasteiger partial charge >= 0.3 is 0 Å². The topological polar surface area (TPSA) is 39.1 Å². The lowest BCUT2D eigenvalue weighted by molar-refractivity contribution is 0.306. The van der Waals surface area contributed by atoms with Crippen molar-refractivity contribution in [3.8, 4) is 22.0 Å². The number of aryl methyl sites for hydroxylation is 1.